The monoisotopic (exact) mass is 243 g/mol. The minimum atomic E-state index is -0.444. The molecule has 0 amide bonds. The number of hydrogen-bond acceptors (Lipinski definition) is 2. The van der Waals surface area contributed by atoms with Gasteiger partial charge in [-0.3, -0.25) is 0 Å². The van der Waals surface area contributed by atoms with E-state index in [1.165, 1.54) is 12.1 Å². The first-order valence-corrected chi connectivity index (χ1v) is 5.46. The number of nitrogens with one attached hydrogen (secondary N) is 1. The zero-order chi connectivity index (χ0) is 12.0. The van der Waals surface area contributed by atoms with Crippen molar-refractivity contribution in [3.05, 3.63) is 41.2 Å². The van der Waals surface area contributed by atoms with Gasteiger partial charge < -0.3 is 10.1 Å². The Bertz CT molecular complexity index is 368. The zero-order valence-corrected chi connectivity index (χ0v) is 9.98. The summed E-state index contributed by atoms with van der Waals surface area (Å²) in [7, 11) is 0. The predicted molar refractivity (Wildman–Crippen MR) is 64.6 cm³/mol. The van der Waals surface area contributed by atoms with E-state index < -0.39 is 5.82 Å². The molecule has 0 aliphatic carbocycles. The average molecular weight is 244 g/mol. The molecule has 0 fully saturated rings. The topological polar surface area (TPSA) is 21.3 Å². The van der Waals surface area contributed by atoms with Gasteiger partial charge in [-0.05, 0) is 24.3 Å². The molecule has 0 heterocycles. The number of rotatable bonds is 6. The predicted octanol–water partition coefficient (Wildman–Crippen LogP) is 3.02. The summed E-state index contributed by atoms with van der Waals surface area (Å²) in [4.78, 5) is 0. The van der Waals surface area contributed by atoms with Crippen LogP contribution in [0.5, 0.6) is 5.75 Å². The fourth-order valence-corrected chi connectivity index (χ4v) is 1.28. The summed E-state index contributed by atoms with van der Waals surface area (Å²) in [6.07, 6.45) is 0. The maximum atomic E-state index is 12.8. The van der Waals surface area contributed by atoms with Crippen molar-refractivity contribution < 1.29 is 9.13 Å². The molecular formula is C12H15ClFNO. The summed E-state index contributed by atoms with van der Waals surface area (Å²) in [5.41, 5.74) is 0.933. The van der Waals surface area contributed by atoms with E-state index >= 15 is 0 Å². The second-order valence-electron chi connectivity index (χ2n) is 3.39. The molecule has 1 rings (SSSR count). The van der Waals surface area contributed by atoms with Gasteiger partial charge in [0.25, 0.3) is 0 Å². The van der Waals surface area contributed by atoms with E-state index in [9.17, 15) is 4.39 Å². The molecular weight excluding hydrogens is 229 g/mol. The Morgan fingerprint density at radius 1 is 1.56 bits per heavy atom. The first kappa shape index (κ1) is 13.0. The van der Waals surface area contributed by atoms with Crippen LogP contribution in [-0.2, 0) is 0 Å². The highest BCUT2D eigenvalue weighted by Crippen LogP contribution is 2.21. The van der Waals surface area contributed by atoms with Crippen LogP contribution in [0, 0.1) is 5.82 Å². The third-order valence-corrected chi connectivity index (χ3v) is 2.25. The molecule has 2 nitrogen and oxygen atoms in total. The van der Waals surface area contributed by atoms with Gasteiger partial charge in [0.2, 0.25) is 0 Å². The van der Waals surface area contributed by atoms with Gasteiger partial charge in [-0.25, -0.2) is 4.39 Å². The van der Waals surface area contributed by atoms with Crippen LogP contribution in [0.25, 0.3) is 0 Å². The van der Waals surface area contributed by atoms with E-state index in [1.54, 1.807) is 6.07 Å². The summed E-state index contributed by atoms with van der Waals surface area (Å²) in [5, 5.41) is 3.20. The lowest BCUT2D eigenvalue weighted by atomic mass is 10.3. The second-order valence-corrected chi connectivity index (χ2v) is 3.80. The van der Waals surface area contributed by atoms with Crippen molar-refractivity contribution in [1.29, 1.82) is 0 Å². The molecule has 4 heteroatoms. The molecule has 0 saturated carbocycles. The molecule has 0 aliphatic heterocycles. The minimum absolute atomic E-state index is 0.0646. The lowest BCUT2D eigenvalue weighted by Crippen LogP contribution is -2.18. The summed E-state index contributed by atoms with van der Waals surface area (Å²) in [6.45, 7) is 7.88. The SMILES string of the molecule is C=C(CNCC)COc1ccc(F)c(Cl)c1. The van der Waals surface area contributed by atoms with Crippen LogP contribution in [0.3, 0.4) is 0 Å². The van der Waals surface area contributed by atoms with Gasteiger partial charge in [-0.1, -0.05) is 25.1 Å². The Morgan fingerprint density at radius 2 is 2.31 bits per heavy atom. The first-order chi connectivity index (χ1) is 7.63. The molecule has 1 N–H and O–H groups in total. The van der Waals surface area contributed by atoms with Gasteiger partial charge >= 0.3 is 0 Å². The highest BCUT2D eigenvalue weighted by Gasteiger charge is 2.02. The number of hydrogen-bond donors (Lipinski definition) is 1. The van der Waals surface area contributed by atoms with Gasteiger partial charge in [-0.2, -0.15) is 0 Å². The van der Waals surface area contributed by atoms with E-state index in [2.05, 4.69) is 11.9 Å². The summed E-state index contributed by atoms with van der Waals surface area (Å²) in [6, 6.07) is 4.28. The van der Waals surface area contributed by atoms with Gasteiger partial charge in [0.1, 0.15) is 18.2 Å². The smallest absolute Gasteiger partial charge is 0.142 e. The van der Waals surface area contributed by atoms with Crippen molar-refractivity contribution in [2.45, 2.75) is 6.92 Å². The molecule has 0 saturated heterocycles. The number of benzene rings is 1. The molecule has 0 aliphatic rings. The summed E-state index contributed by atoms with van der Waals surface area (Å²) >= 11 is 5.62. The van der Waals surface area contributed by atoms with Crippen LogP contribution in [0.2, 0.25) is 5.02 Å². The van der Waals surface area contributed by atoms with Crippen molar-refractivity contribution in [2.24, 2.45) is 0 Å². The molecule has 0 radical (unpaired) electrons. The second kappa shape index (κ2) is 6.51. The average Bonchev–Trinajstić information content (AvgIpc) is 2.28. The molecule has 88 valence electrons. The Morgan fingerprint density at radius 3 is 2.94 bits per heavy atom. The number of ether oxygens (including phenoxy) is 1. The molecule has 16 heavy (non-hydrogen) atoms. The van der Waals surface area contributed by atoms with Crippen molar-refractivity contribution >= 4 is 11.6 Å². The van der Waals surface area contributed by atoms with Crippen LogP contribution in [0.4, 0.5) is 4.39 Å². The van der Waals surface area contributed by atoms with Gasteiger partial charge in [-0.15, -0.1) is 0 Å². The minimum Gasteiger partial charge on any atom is -0.489 e. The molecule has 0 spiro atoms. The van der Waals surface area contributed by atoms with Crippen LogP contribution in [0.15, 0.2) is 30.4 Å². The quantitative estimate of drug-likeness (QED) is 0.776. The van der Waals surface area contributed by atoms with E-state index in [4.69, 9.17) is 16.3 Å². The largest absolute Gasteiger partial charge is 0.489 e. The van der Waals surface area contributed by atoms with Crippen molar-refractivity contribution in [3.63, 3.8) is 0 Å². The Labute approximate surface area is 100 Å². The summed E-state index contributed by atoms with van der Waals surface area (Å²) in [5.74, 6) is 0.101. The highest BCUT2D eigenvalue weighted by atomic mass is 35.5. The lowest BCUT2D eigenvalue weighted by molar-refractivity contribution is 0.348. The van der Waals surface area contributed by atoms with Gasteiger partial charge in [0.05, 0.1) is 5.02 Å². The van der Waals surface area contributed by atoms with E-state index in [0.29, 0.717) is 18.9 Å². The lowest BCUT2D eigenvalue weighted by Gasteiger charge is -2.09. The standard InChI is InChI=1S/C12H15ClFNO/c1-3-15-7-9(2)8-16-10-4-5-12(14)11(13)6-10/h4-6,15H,2-3,7-8H2,1H3. The van der Waals surface area contributed by atoms with Crippen LogP contribution in [0.1, 0.15) is 6.92 Å². The van der Waals surface area contributed by atoms with Crippen molar-refractivity contribution in [2.75, 3.05) is 19.7 Å². The maximum Gasteiger partial charge on any atom is 0.142 e. The Hall–Kier alpha value is -1.06. The summed E-state index contributed by atoms with van der Waals surface area (Å²) < 4.78 is 18.3. The third kappa shape index (κ3) is 4.21. The van der Waals surface area contributed by atoms with Crippen molar-refractivity contribution in [3.8, 4) is 5.75 Å². The molecule has 0 aromatic heterocycles. The fraction of sp³-hybridized carbons (Fsp3) is 0.333. The maximum absolute atomic E-state index is 12.8. The number of likely N-dealkylation sites (N-methyl/N-ethyl adjacent to an activating group) is 1. The highest BCUT2D eigenvalue weighted by molar-refractivity contribution is 6.30. The van der Waals surface area contributed by atoms with E-state index in [1.807, 2.05) is 6.92 Å². The first-order valence-electron chi connectivity index (χ1n) is 5.08. The fourth-order valence-electron chi connectivity index (χ4n) is 1.10. The molecule has 0 atom stereocenters. The molecule has 0 unspecified atom stereocenters. The van der Waals surface area contributed by atoms with E-state index in [0.717, 1.165) is 12.1 Å². The van der Waals surface area contributed by atoms with Crippen LogP contribution >= 0.6 is 11.6 Å². The van der Waals surface area contributed by atoms with Crippen molar-refractivity contribution in [1.82, 2.24) is 5.32 Å². The normalized spacial score (nSPS) is 10.2. The molecule has 1 aromatic rings. The number of halogens is 2. The molecule has 0 bridgehead atoms. The third-order valence-electron chi connectivity index (χ3n) is 1.96. The van der Waals surface area contributed by atoms with E-state index in [-0.39, 0.29) is 5.02 Å². The molecule has 1 aromatic carbocycles. The van der Waals surface area contributed by atoms with Gasteiger partial charge in [0.15, 0.2) is 0 Å². The Balaban J connectivity index is 2.42. The van der Waals surface area contributed by atoms with Crippen LogP contribution < -0.4 is 10.1 Å². The Kier molecular flexibility index (Phi) is 5.29. The zero-order valence-electron chi connectivity index (χ0n) is 9.22. The van der Waals surface area contributed by atoms with Crippen LogP contribution in [-0.4, -0.2) is 19.7 Å². The van der Waals surface area contributed by atoms with Gasteiger partial charge in [0, 0.05) is 12.6 Å².